The Morgan fingerprint density at radius 2 is 2.12 bits per heavy atom. The van der Waals surface area contributed by atoms with Gasteiger partial charge < -0.3 is 10.1 Å². The minimum absolute atomic E-state index is 0.0283. The smallest absolute Gasteiger partial charge is 0.224 e. The van der Waals surface area contributed by atoms with E-state index in [9.17, 15) is 4.79 Å². The number of aromatic nitrogens is 2. The van der Waals surface area contributed by atoms with Crippen LogP contribution in [-0.4, -0.2) is 22.8 Å². The van der Waals surface area contributed by atoms with Gasteiger partial charge >= 0.3 is 0 Å². The molecule has 1 amide bonds. The van der Waals surface area contributed by atoms with Crippen molar-refractivity contribution in [1.82, 2.24) is 15.1 Å². The van der Waals surface area contributed by atoms with E-state index in [0.717, 1.165) is 29.0 Å². The van der Waals surface area contributed by atoms with Crippen LogP contribution in [-0.2, 0) is 11.3 Å². The third-order valence-electron chi connectivity index (χ3n) is 4.81. The summed E-state index contributed by atoms with van der Waals surface area (Å²) in [5.41, 5.74) is 3.16. The van der Waals surface area contributed by atoms with Gasteiger partial charge in [0.2, 0.25) is 5.91 Å². The third kappa shape index (κ3) is 3.33. The standard InChI is InChI=1S/C21H21N3O2/c1-26-20-9-3-2-8-17(20)18-13-19(18)21(25)22-14-15-6-4-7-16(12-15)24-11-5-10-23-24/h2-12,18-19H,13-14H2,1H3,(H,22,25)/t18-,19+/m0/s1. The van der Waals surface area contributed by atoms with E-state index in [2.05, 4.69) is 10.4 Å². The van der Waals surface area contributed by atoms with Crippen molar-refractivity contribution in [3.8, 4) is 11.4 Å². The number of nitrogens with zero attached hydrogens (tertiary/aromatic N) is 2. The van der Waals surface area contributed by atoms with Crippen LogP contribution < -0.4 is 10.1 Å². The van der Waals surface area contributed by atoms with Crippen LogP contribution in [0.5, 0.6) is 5.75 Å². The van der Waals surface area contributed by atoms with Crippen molar-refractivity contribution in [3.05, 3.63) is 78.1 Å². The highest BCUT2D eigenvalue weighted by atomic mass is 16.5. The number of hydrogen-bond donors (Lipinski definition) is 1. The van der Waals surface area contributed by atoms with Crippen LogP contribution in [0.1, 0.15) is 23.5 Å². The van der Waals surface area contributed by atoms with Gasteiger partial charge in [-0.25, -0.2) is 4.68 Å². The van der Waals surface area contributed by atoms with Crippen LogP contribution in [0.4, 0.5) is 0 Å². The summed E-state index contributed by atoms with van der Waals surface area (Å²) in [6.45, 7) is 0.517. The molecule has 1 aliphatic rings. The van der Waals surface area contributed by atoms with Crippen LogP contribution in [0.3, 0.4) is 0 Å². The first-order chi connectivity index (χ1) is 12.8. The van der Waals surface area contributed by atoms with Crippen molar-refractivity contribution in [1.29, 1.82) is 0 Å². The van der Waals surface area contributed by atoms with Gasteiger partial charge in [-0.15, -0.1) is 0 Å². The molecule has 2 aromatic carbocycles. The van der Waals surface area contributed by atoms with E-state index >= 15 is 0 Å². The second kappa shape index (κ2) is 7.04. The van der Waals surface area contributed by atoms with Crippen LogP contribution in [0, 0.1) is 5.92 Å². The van der Waals surface area contributed by atoms with Gasteiger partial charge in [0.05, 0.1) is 12.8 Å². The van der Waals surface area contributed by atoms with Gasteiger partial charge in [-0.1, -0.05) is 30.3 Å². The summed E-state index contributed by atoms with van der Waals surface area (Å²) in [4.78, 5) is 12.5. The van der Waals surface area contributed by atoms with Gasteiger partial charge in [0.1, 0.15) is 5.75 Å². The molecule has 5 nitrogen and oxygen atoms in total. The molecule has 2 atom stereocenters. The molecule has 0 bridgehead atoms. The van der Waals surface area contributed by atoms with Gasteiger partial charge in [0.25, 0.3) is 0 Å². The second-order valence-electron chi connectivity index (χ2n) is 6.53. The molecular formula is C21H21N3O2. The fourth-order valence-electron chi connectivity index (χ4n) is 3.35. The Bertz CT molecular complexity index is 905. The number of carbonyl (C=O) groups excluding carboxylic acids is 1. The van der Waals surface area contributed by atoms with E-state index in [1.54, 1.807) is 13.3 Å². The van der Waals surface area contributed by atoms with E-state index in [-0.39, 0.29) is 17.7 Å². The molecule has 1 saturated carbocycles. The molecule has 0 radical (unpaired) electrons. The lowest BCUT2D eigenvalue weighted by molar-refractivity contribution is -0.122. The van der Waals surface area contributed by atoms with E-state index < -0.39 is 0 Å². The molecule has 3 aromatic rings. The number of para-hydroxylation sites is 1. The summed E-state index contributed by atoms with van der Waals surface area (Å²) in [5.74, 6) is 1.24. The molecule has 0 saturated heterocycles. The Hall–Kier alpha value is -3.08. The van der Waals surface area contributed by atoms with Crippen molar-refractivity contribution < 1.29 is 9.53 Å². The highest BCUT2D eigenvalue weighted by Crippen LogP contribution is 2.50. The Kier molecular flexibility index (Phi) is 4.44. The van der Waals surface area contributed by atoms with Crippen LogP contribution in [0.2, 0.25) is 0 Å². The third-order valence-corrected chi connectivity index (χ3v) is 4.81. The number of methoxy groups -OCH3 is 1. The minimum atomic E-state index is 0.0283. The zero-order chi connectivity index (χ0) is 17.9. The van der Waals surface area contributed by atoms with Gasteiger partial charge in [0, 0.05) is 24.9 Å². The maximum absolute atomic E-state index is 12.5. The number of amides is 1. The predicted molar refractivity (Wildman–Crippen MR) is 99.3 cm³/mol. The average Bonchev–Trinajstić information content (AvgIpc) is 3.30. The highest BCUT2D eigenvalue weighted by molar-refractivity contribution is 5.83. The maximum Gasteiger partial charge on any atom is 0.224 e. The second-order valence-corrected chi connectivity index (χ2v) is 6.53. The predicted octanol–water partition coefficient (Wildman–Crippen LogP) is 3.30. The van der Waals surface area contributed by atoms with E-state index in [1.807, 2.05) is 65.5 Å². The van der Waals surface area contributed by atoms with Crippen molar-refractivity contribution >= 4 is 5.91 Å². The molecule has 1 fully saturated rings. The molecule has 0 aliphatic heterocycles. The number of carbonyl (C=O) groups is 1. The number of rotatable bonds is 6. The molecule has 1 aliphatic carbocycles. The lowest BCUT2D eigenvalue weighted by Crippen LogP contribution is -2.25. The molecule has 132 valence electrons. The quantitative estimate of drug-likeness (QED) is 0.744. The number of nitrogens with one attached hydrogen (secondary N) is 1. The Morgan fingerprint density at radius 3 is 2.92 bits per heavy atom. The Balaban J connectivity index is 1.37. The fraction of sp³-hybridized carbons (Fsp3) is 0.238. The van der Waals surface area contributed by atoms with Gasteiger partial charge in [-0.3, -0.25) is 4.79 Å². The molecule has 1 N–H and O–H groups in total. The summed E-state index contributed by atoms with van der Waals surface area (Å²) in [5, 5.41) is 7.30. The first-order valence-corrected chi connectivity index (χ1v) is 8.76. The van der Waals surface area contributed by atoms with Crippen molar-refractivity contribution in [2.45, 2.75) is 18.9 Å². The molecule has 0 spiro atoms. The summed E-state index contributed by atoms with van der Waals surface area (Å²) in [7, 11) is 1.67. The zero-order valence-electron chi connectivity index (χ0n) is 14.6. The normalized spacial score (nSPS) is 18.3. The maximum atomic E-state index is 12.5. The molecule has 0 unspecified atom stereocenters. The first kappa shape index (κ1) is 16.4. The largest absolute Gasteiger partial charge is 0.496 e. The Labute approximate surface area is 152 Å². The number of benzene rings is 2. The molecule has 4 rings (SSSR count). The van der Waals surface area contributed by atoms with Crippen molar-refractivity contribution in [3.63, 3.8) is 0 Å². The van der Waals surface area contributed by atoms with Crippen LogP contribution >= 0.6 is 0 Å². The summed E-state index contributed by atoms with van der Waals surface area (Å²) in [6, 6.07) is 17.9. The summed E-state index contributed by atoms with van der Waals surface area (Å²) >= 11 is 0. The molecule has 1 aromatic heterocycles. The van der Waals surface area contributed by atoms with Crippen molar-refractivity contribution in [2.75, 3.05) is 7.11 Å². The van der Waals surface area contributed by atoms with Crippen LogP contribution in [0.25, 0.3) is 5.69 Å². The van der Waals surface area contributed by atoms with E-state index in [0.29, 0.717) is 6.54 Å². The fourth-order valence-corrected chi connectivity index (χ4v) is 3.35. The van der Waals surface area contributed by atoms with Gasteiger partial charge in [-0.2, -0.15) is 5.10 Å². The minimum Gasteiger partial charge on any atom is -0.496 e. The summed E-state index contributed by atoms with van der Waals surface area (Å²) in [6.07, 6.45) is 4.53. The first-order valence-electron chi connectivity index (χ1n) is 8.76. The molecule has 26 heavy (non-hydrogen) atoms. The van der Waals surface area contributed by atoms with Gasteiger partial charge in [-0.05, 0) is 47.7 Å². The molecular weight excluding hydrogens is 326 g/mol. The van der Waals surface area contributed by atoms with Gasteiger partial charge in [0.15, 0.2) is 0 Å². The SMILES string of the molecule is COc1ccccc1[C@@H]1C[C@H]1C(=O)NCc1cccc(-n2cccn2)c1. The van der Waals surface area contributed by atoms with Crippen LogP contribution in [0.15, 0.2) is 67.0 Å². The zero-order valence-corrected chi connectivity index (χ0v) is 14.6. The number of hydrogen-bond acceptors (Lipinski definition) is 3. The number of ether oxygens (including phenoxy) is 1. The lowest BCUT2D eigenvalue weighted by atomic mass is 10.1. The monoisotopic (exact) mass is 347 g/mol. The topological polar surface area (TPSA) is 56.1 Å². The van der Waals surface area contributed by atoms with E-state index in [4.69, 9.17) is 4.74 Å². The lowest BCUT2D eigenvalue weighted by Gasteiger charge is -2.09. The van der Waals surface area contributed by atoms with E-state index in [1.165, 1.54) is 0 Å². The molecule has 1 heterocycles. The highest BCUT2D eigenvalue weighted by Gasteiger charge is 2.45. The van der Waals surface area contributed by atoms with Crippen molar-refractivity contribution in [2.24, 2.45) is 5.92 Å². The molecule has 5 heteroatoms. The Morgan fingerprint density at radius 1 is 1.23 bits per heavy atom. The average molecular weight is 347 g/mol. The summed E-state index contributed by atoms with van der Waals surface area (Å²) < 4.78 is 7.22.